The molecule has 0 spiro atoms. The van der Waals surface area contributed by atoms with E-state index in [9.17, 15) is 4.21 Å². The SMILES string of the molecule is COCn1c(S(=O)C2CCCCc3c(OC)ccnc32)nc2ccccc21. The van der Waals surface area contributed by atoms with E-state index in [1.165, 1.54) is 0 Å². The number of hydrogen-bond donors (Lipinski definition) is 0. The van der Waals surface area contributed by atoms with E-state index < -0.39 is 10.8 Å². The summed E-state index contributed by atoms with van der Waals surface area (Å²) < 4.78 is 26.5. The molecule has 27 heavy (non-hydrogen) atoms. The van der Waals surface area contributed by atoms with Crippen molar-refractivity contribution < 1.29 is 13.7 Å². The van der Waals surface area contributed by atoms with Gasteiger partial charge < -0.3 is 9.47 Å². The van der Waals surface area contributed by atoms with Gasteiger partial charge in [-0.1, -0.05) is 18.6 Å². The van der Waals surface area contributed by atoms with Gasteiger partial charge in [0, 0.05) is 18.9 Å². The van der Waals surface area contributed by atoms with Gasteiger partial charge in [0.2, 0.25) is 5.16 Å². The fourth-order valence-corrected chi connectivity index (χ4v) is 5.37. The molecule has 0 saturated carbocycles. The largest absolute Gasteiger partial charge is 0.496 e. The van der Waals surface area contributed by atoms with Gasteiger partial charge in [-0.25, -0.2) is 4.98 Å². The molecule has 0 amide bonds. The summed E-state index contributed by atoms with van der Waals surface area (Å²) in [7, 11) is 1.96. The van der Waals surface area contributed by atoms with Gasteiger partial charge in [0.25, 0.3) is 0 Å². The Labute approximate surface area is 161 Å². The maximum absolute atomic E-state index is 13.7. The summed E-state index contributed by atoms with van der Waals surface area (Å²) in [6, 6.07) is 9.68. The van der Waals surface area contributed by atoms with E-state index in [-0.39, 0.29) is 5.25 Å². The zero-order chi connectivity index (χ0) is 18.8. The Morgan fingerprint density at radius 2 is 2.07 bits per heavy atom. The maximum atomic E-state index is 13.7. The first-order valence-electron chi connectivity index (χ1n) is 9.11. The van der Waals surface area contributed by atoms with Crippen LogP contribution in [0.2, 0.25) is 0 Å². The summed E-state index contributed by atoms with van der Waals surface area (Å²) in [4.78, 5) is 9.28. The first-order valence-corrected chi connectivity index (χ1v) is 10.3. The minimum atomic E-state index is -1.34. The van der Waals surface area contributed by atoms with Gasteiger partial charge in [-0.05, 0) is 37.5 Å². The van der Waals surface area contributed by atoms with Crippen molar-refractivity contribution in [3.63, 3.8) is 0 Å². The Balaban J connectivity index is 1.82. The van der Waals surface area contributed by atoms with Gasteiger partial charge in [-0.2, -0.15) is 0 Å². The minimum Gasteiger partial charge on any atom is -0.496 e. The van der Waals surface area contributed by atoms with Crippen LogP contribution in [0.1, 0.15) is 35.8 Å². The number of fused-ring (bicyclic) bond motifs is 2. The lowest BCUT2D eigenvalue weighted by Crippen LogP contribution is -2.15. The summed E-state index contributed by atoms with van der Waals surface area (Å²) in [6.45, 7) is 0.312. The highest BCUT2D eigenvalue weighted by Crippen LogP contribution is 2.38. The third kappa shape index (κ3) is 3.26. The van der Waals surface area contributed by atoms with Crippen LogP contribution in [0.15, 0.2) is 41.7 Å². The van der Waals surface area contributed by atoms with Crippen LogP contribution in [0.25, 0.3) is 11.0 Å². The molecule has 4 rings (SSSR count). The molecule has 0 fully saturated rings. The number of imidazole rings is 1. The van der Waals surface area contributed by atoms with Crippen molar-refractivity contribution in [3.05, 3.63) is 47.8 Å². The molecule has 0 bridgehead atoms. The molecule has 7 heteroatoms. The van der Waals surface area contributed by atoms with E-state index in [1.807, 2.05) is 34.9 Å². The number of hydrogen-bond acceptors (Lipinski definition) is 5. The fourth-order valence-electron chi connectivity index (χ4n) is 3.77. The highest BCUT2D eigenvalue weighted by Gasteiger charge is 2.31. The number of methoxy groups -OCH3 is 2. The second-order valence-corrected chi connectivity index (χ2v) is 8.17. The Hall–Kier alpha value is -2.25. The van der Waals surface area contributed by atoms with Crippen LogP contribution in [-0.2, 0) is 28.7 Å². The number of pyridine rings is 1. The lowest BCUT2D eigenvalue weighted by molar-refractivity contribution is 0.127. The Morgan fingerprint density at radius 3 is 2.89 bits per heavy atom. The third-order valence-electron chi connectivity index (χ3n) is 5.03. The predicted molar refractivity (Wildman–Crippen MR) is 104 cm³/mol. The molecule has 3 aromatic rings. The molecule has 0 saturated heterocycles. The van der Waals surface area contributed by atoms with Crippen molar-refractivity contribution in [1.82, 2.24) is 14.5 Å². The number of rotatable bonds is 5. The van der Waals surface area contributed by atoms with Crippen LogP contribution in [0.3, 0.4) is 0 Å². The molecule has 2 heterocycles. The van der Waals surface area contributed by atoms with Crippen molar-refractivity contribution in [2.75, 3.05) is 14.2 Å². The molecule has 142 valence electrons. The van der Waals surface area contributed by atoms with Crippen molar-refractivity contribution >= 4 is 21.8 Å². The lowest BCUT2D eigenvalue weighted by Gasteiger charge is -2.18. The zero-order valence-corrected chi connectivity index (χ0v) is 16.4. The molecular weight excluding hydrogens is 362 g/mol. The van der Waals surface area contributed by atoms with Crippen LogP contribution in [0.5, 0.6) is 5.75 Å². The smallest absolute Gasteiger partial charge is 0.202 e. The lowest BCUT2D eigenvalue weighted by atomic mass is 10.1. The van der Waals surface area contributed by atoms with Gasteiger partial charge in [-0.3, -0.25) is 13.8 Å². The average molecular weight is 385 g/mol. The molecule has 6 nitrogen and oxygen atoms in total. The van der Waals surface area contributed by atoms with E-state index >= 15 is 0 Å². The van der Waals surface area contributed by atoms with Gasteiger partial charge in [0.05, 0.1) is 39.9 Å². The van der Waals surface area contributed by atoms with E-state index in [2.05, 4.69) is 9.97 Å². The molecule has 0 aliphatic heterocycles. The van der Waals surface area contributed by atoms with Crippen molar-refractivity contribution in [1.29, 1.82) is 0 Å². The van der Waals surface area contributed by atoms with E-state index in [4.69, 9.17) is 9.47 Å². The summed E-state index contributed by atoms with van der Waals surface area (Å²) in [5, 5.41) is 0.338. The van der Waals surface area contributed by atoms with Gasteiger partial charge in [-0.15, -0.1) is 0 Å². The number of nitrogens with zero attached hydrogens (tertiary/aromatic N) is 3. The fraction of sp³-hybridized carbons (Fsp3) is 0.400. The minimum absolute atomic E-state index is 0.204. The molecule has 1 aliphatic rings. The van der Waals surface area contributed by atoms with Crippen LogP contribution >= 0.6 is 0 Å². The average Bonchev–Trinajstić information content (AvgIpc) is 2.92. The monoisotopic (exact) mass is 385 g/mol. The Morgan fingerprint density at radius 1 is 1.22 bits per heavy atom. The summed E-state index contributed by atoms with van der Waals surface area (Å²) in [5.41, 5.74) is 3.70. The molecule has 2 aromatic heterocycles. The molecule has 0 radical (unpaired) electrons. The summed E-state index contributed by atoms with van der Waals surface area (Å²) >= 11 is 0. The van der Waals surface area contributed by atoms with Crippen LogP contribution < -0.4 is 4.74 Å². The molecule has 2 unspecified atom stereocenters. The molecule has 1 aliphatic carbocycles. The zero-order valence-electron chi connectivity index (χ0n) is 15.6. The summed E-state index contributed by atoms with van der Waals surface area (Å²) in [5.74, 6) is 0.828. The van der Waals surface area contributed by atoms with Crippen molar-refractivity contribution in [3.8, 4) is 5.75 Å². The first-order chi connectivity index (χ1) is 13.2. The van der Waals surface area contributed by atoms with Crippen LogP contribution in [0, 0.1) is 0 Å². The number of aromatic nitrogens is 3. The van der Waals surface area contributed by atoms with Crippen LogP contribution in [-0.4, -0.2) is 33.0 Å². The second-order valence-electron chi connectivity index (χ2n) is 6.64. The Kier molecular flexibility index (Phi) is 5.22. The van der Waals surface area contributed by atoms with E-state index in [0.717, 1.165) is 53.7 Å². The highest BCUT2D eigenvalue weighted by molar-refractivity contribution is 7.85. The standard InChI is InChI=1S/C20H23N3O3S/c1-25-13-23-16-9-5-4-8-15(16)22-20(23)27(24)18-10-6-3-7-14-17(26-2)11-12-21-19(14)18/h4-5,8-9,11-12,18H,3,6-7,10,13H2,1-2H3. The Bertz CT molecular complexity index is 986. The second kappa shape index (κ2) is 7.78. The predicted octanol–water partition coefficient (Wildman–Crippen LogP) is 3.62. The number of ether oxygens (including phenoxy) is 2. The van der Waals surface area contributed by atoms with E-state index in [0.29, 0.717) is 11.9 Å². The number of para-hydroxylation sites is 2. The molecular formula is C20H23N3O3S. The molecule has 1 aromatic carbocycles. The molecule has 2 atom stereocenters. The van der Waals surface area contributed by atoms with Gasteiger partial charge in [0.1, 0.15) is 12.5 Å². The van der Waals surface area contributed by atoms with Crippen molar-refractivity contribution in [2.45, 2.75) is 42.8 Å². The maximum Gasteiger partial charge on any atom is 0.202 e. The highest BCUT2D eigenvalue weighted by atomic mass is 32.2. The van der Waals surface area contributed by atoms with Crippen molar-refractivity contribution in [2.24, 2.45) is 0 Å². The summed E-state index contributed by atoms with van der Waals surface area (Å²) in [6.07, 6.45) is 5.49. The normalized spacial score (nSPS) is 18.1. The quantitative estimate of drug-likeness (QED) is 0.628. The van der Waals surface area contributed by atoms with Gasteiger partial charge >= 0.3 is 0 Å². The third-order valence-corrected chi connectivity index (χ3v) is 6.68. The molecule has 0 N–H and O–H groups in total. The first kappa shape index (κ1) is 18.1. The van der Waals surface area contributed by atoms with Gasteiger partial charge in [0.15, 0.2) is 0 Å². The number of benzene rings is 1. The van der Waals surface area contributed by atoms with Crippen LogP contribution in [0.4, 0.5) is 0 Å². The van der Waals surface area contributed by atoms with E-state index in [1.54, 1.807) is 20.4 Å². The topological polar surface area (TPSA) is 66.2 Å².